The van der Waals surface area contributed by atoms with E-state index in [4.69, 9.17) is 0 Å². The molecule has 0 bridgehead atoms. The Kier molecular flexibility index (Phi) is 6.86. The molecular weight excluding hydrogens is 196 g/mol. The third kappa shape index (κ3) is 5.89. The largest absolute Gasteiger partial charge is 0.315 e. The van der Waals surface area contributed by atoms with Crippen LogP contribution in [0.2, 0.25) is 0 Å². The Hall–Kier alpha value is -0.860. The average molecular weight is 220 g/mol. The highest BCUT2D eigenvalue weighted by Gasteiger charge is 1.99. The molecule has 1 aromatic rings. The zero-order valence-electron chi connectivity index (χ0n) is 10.5. The van der Waals surface area contributed by atoms with Gasteiger partial charge in [0.25, 0.3) is 0 Å². The fourth-order valence-corrected chi connectivity index (χ4v) is 1.68. The van der Waals surface area contributed by atoms with Gasteiger partial charge in [0.2, 0.25) is 0 Å². The van der Waals surface area contributed by atoms with Crippen LogP contribution in [0.4, 0.5) is 0 Å². The molecule has 0 aliphatic carbocycles. The number of nitrogens with one attached hydrogen (secondary N) is 2. The minimum absolute atomic E-state index is 0.551. The molecule has 0 saturated heterocycles. The molecule has 1 unspecified atom stereocenters. The molecule has 0 aliphatic heterocycles. The van der Waals surface area contributed by atoms with Crippen LogP contribution in [0.25, 0.3) is 0 Å². The summed E-state index contributed by atoms with van der Waals surface area (Å²) in [7, 11) is 0. The normalized spacial score (nSPS) is 12.6. The quantitative estimate of drug-likeness (QED) is 0.656. The highest BCUT2D eigenvalue weighted by atomic mass is 15.0. The van der Waals surface area contributed by atoms with E-state index >= 15 is 0 Å². The first-order chi connectivity index (χ1) is 7.83. The summed E-state index contributed by atoms with van der Waals surface area (Å²) in [6, 6.07) is 11.2. The standard InChI is InChI=1S/C14H24N2/c1-3-10-15-12-13(2)16-11-9-14-7-5-4-6-8-14/h4-8,13,15-16H,3,9-12H2,1-2H3. The van der Waals surface area contributed by atoms with E-state index in [0.29, 0.717) is 6.04 Å². The Balaban J connectivity index is 2.06. The van der Waals surface area contributed by atoms with Crippen molar-refractivity contribution < 1.29 is 0 Å². The summed E-state index contributed by atoms with van der Waals surface area (Å²) in [5, 5.41) is 6.95. The highest BCUT2D eigenvalue weighted by Crippen LogP contribution is 1.98. The maximum Gasteiger partial charge on any atom is 0.0164 e. The van der Waals surface area contributed by atoms with E-state index in [1.54, 1.807) is 0 Å². The van der Waals surface area contributed by atoms with E-state index in [1.807, 2.05) is 0 Å². The third-order valence-corrected chi connectivity index (χ3v) is 2.63. The second-order valence-electron chi connectivity index (χ2n) is 4.29. The third-order valence-electron chi connectivity index (χ3n) is 2.63. The Morgan fingerprint density at radius 1 is 1.12 bits per heavy atom. The monoisotopic (exact) mass is 220 g/mol. The lowest BCUT2D eigenvalue weighted by Gasteiger charge is -2.14. The molecule has 0 spiro atoms. The predicted octanol–water partition coefficient (Wildman–Crippen LogP) is 2.21. The highest BCUT2D eigenvalue weighted by molar-refractivity contribution is 5.14. The lowest BCUT2D eigenvalue weighted by molar-refractivity contribution is 0.504. The van der Waals surface area contributed by atoms with Crippen LogP contribution in [0.15, 0.2) is 30.3 Å². The lowest BCUT2D eigenvalue weighted by Crippen LogP contribution is -2.37. The van der Waals surface area contributed by atoms with Crippen LogP contribution in [-0.2, 0) is 6.42 Å². The van der Waals surface area contributed by atoms with Crippen LogP contribution in [0.3, 0.4) is 0 Å². The van der Waals surface area contributed by atoms with Gasteiger partial charge in [0, 0.05) is 12.6 Å². The molecule has 0 aromatic heterocycles. The van der Waals surface area contributed by atoms with Gasteiger partial charge in [-0.2, -0.15) is 0 Å². The maximum atomic E-state index is 3.53. The first kappa shape index (κ1) is 13.2. The van der Waals surface area contributed by atoms with Crippen molar-refractivity contribution in [3.05, 3.63) is 35.9 Å². The van der Waals surface area contributed by atoms with Crippen LogP contribution < -0.4 is 10.6 Å². The van der Waals surface area contributed by atoms with Gasteiger partial charge in [0.1, 0.15) is 0 Å². The van der Waals surface area contributed by atoms with Gasteiger partial charge in [-0.1, -0.05) is 37.3 Å². The van der Waals surface area contributed by atoms with E-state index in [1.165, 1.54) is 12.0 Å². The van der Waals surface area contributed by atoms with E-state index in [0.717, 1.165) is 26.1 Å². The van der Waals surface area contributed by atoms with Crippen LogP contribution in [-0.4, -0.2) is 25.7 Å². The van der Waals surface area contributed by atoms with Crippen LogP contribution in [0.1, 0.15) is 25.8 Å². The number of benzene rings is 1. The van der Waals surface area contributed by atoms with Crippen LogP contribution in [0, 0.1) is 0 Å². The maximum absolute atomic E-state index is 3.53. The fraction of sp³-hybridized carbons (Fsp3) is 0.571. The predicted molar refractivity (Wildman–Crippen MR) is 70.8 cm³/mol. The fourth-order valence-electron chi connectivity index (χ4n) is 1.68. The molecule has 0 fully saturated rings. The first-order valence-electron chi connectivity index (χ1n) is 6.31. The summed E-state index contributed by atoms with van der Waals surface area (Å²) < 4.78 is 0. The summed E-state index contributed by atoms with van der Waals surface area (Å²) in [4.78, 5) is 0. The molecule has 2 nitrogen and oxygen atoms in total. The molecule has 1 atom stereocenters. The van der Waals surface area contributed by atoms with Crippen molar-refractivity contribution in [2.24, 2.45) is 0 Å². The van der Waals surface area contributed by atoms with Crippen molar-refractivity contribution in [3.63, 3.8) is 0 Å². The molecule has 1 rings (SSSR count). The van der Waals surface area contributed by atoms with Crippen molar-refractivity contribution in [1.82, 2.24) is 10.6 Å². The SMILES string of the molecule is CCCNCC(C)NCCc1ccccc1. The van der Waals surface area contributed by atoms with Crippen molar-refractivity contribution in [2.45, 2.75) is 32.7 Å². The van der Waals surface area contributed by atoms with Crippen molar-refractivity contribution in [1.29, 1.82) is 0 Å². The minimum atomic E-state index is 0.551. The Labute approximate surface area is 99.5 Å². The van der Waals surface area contributed by atoms with Gasteiger partial charge in [-0.25, -0.2) is 0 Å². The van der Waals surface area contributed by atoms with Gasteiger partial charge >= 0.3 is 0 Å². The van der Waals surface area contributed by atoms with E-state index < -0.39 is 0 Å². The van der Waals surface area contributed by atoms with E-state index in [2.05, 4.69) is 54.8 Å². The van der Waals surface area contributed by atoms with Crippen molar-refractivity contribution in [2.75, 3.05) is 19.6 Å². The first-order valence-corrected chi connectivity index (χ1v) is 6.31. The van der Waals surface area contributed by atoms with Crippen LogP contribution in [0.5, 0.6) is 0 Å². The van der Waals surface area contributed by atoms with Gasteiger partial charge in [-0.15, -0.1) is 0 Å². The van der Waals surface area contributed by atoms with Gasteiger partial charge < -0.3 is 10.6 Å². The van der Waals surface area contributed by atoms with Crippen LogP contribution >= 0.6 is 0 Å². The van der Waals surface area contributed by atoms with Gasteiger partial charge in [-0.3, -0.25) is 0 Å². The zero-order chi connectivity index (χ0) is 11.6. The summed E-state index contributed by atoms with van der Waals surface area (Å²) in [5.41, 5.74) is 1.41. The smallest absolute Gasteiger partial charge is 0.0164 e. The molecule has 0 amide bonds. The molecule has 1 aromatic carbocycles. The molecule has 0 radical (unpaired) electrons. The topological polar surface area (TPSA) is 24.1 Å². The second kappa shape index (κ2) is 8.31. The Morgan fingerprint density at radius 2 is 1.88 bits per heavy atom. The Morgan fingerprint density at radius 3 is 2.56 bits per heavy atom. The zero-order valence-corrected chi connectivity index (χ0v) is 10.5. The summed E-state index contributed by atoms with van der Waals surface area (Å²) in [6.45, 7) is 7.65. The van der Waals surface area contributed by atoms with E-state index in [-0.39, 0.29) is 0 Å². The molecule has 90 valence electrons. The number of rotatable bonds is 8. The summed E-state index contributed by atoms with van der Waals surface area (Å²) in [5.74, 6) is 0. The second-order valence-corrected chi connectivity index (χ2v) is 4.29. The van der Waals surface area contributed by atoms with Crippen molar-refractivity contribution >= 4 is 0 Å². The number of hydrogen-bond acceptors (Lipinski definition) is 2. The van der Waals surface area contributed by atoms with Gasteiger partial charge in [0.15, 0.2) is 0 Å². The average Bonchev–Trinajstić information content (AvgIpc) is 2.31. The minimum Gasteiger partial charge on any atom is -0.315 e. The molecular formula is C14H24N2. The summed E-state index contributed by atoms with van der Waals surface area (Å²) in [6.07, 6.45) is 2.32. The van der Waals surface area contributed by atoms with Gasteiger partial charge in [0.05, 0.1) is 0 Å². The molecule has 0 saturated carbocycles. The molecule has 0 heterocycles. The van der Waals surface area contributed by atoms with Crippen molar-refractivity contribution in [3.8, 4) is 0 Å². The summed E-state index contributed by atoms with van der Waals surface area (Å²) >= 11 is 0. The molecule has 0 aliphatic rings. The van der Waals surface area contributed by atoms with E-state index in [9.17, 15) is 0 Å². The molecule has 2 N–H and O–H groups in total. The molecule has 2 heteroatoms. The lowest BCUT2D eigenvalue weighted by atomic mass is 10.1. The Bertz CT molecular complexity index is 259. The van der Waals surface area contributed by atoms with Gasteiger partial charge in [-0.05, 0) is 38.4 Å². The number of hydrogen-bond donors (Lipinski definition) is 2. The molecule has 16 heavy (non-hydrogen) atoms.